The van der Waals surface area contributed by atoms with Crippen molar-refractivity contribution in [3.63, 3.8) is 0 Å². The predicted molar refractivity (Wildman–Crippen MR) is 179 cm³/mol. The number of pyridine rings is 1. The third-order valence-corrected chi connectivity index (χ3v) is 12.0. The average molecular weight is 689 g/mol. The SMILES string of the molecule is O=C1N[C@]2(C(=O)NS(=O)(=O)C3CC3)C[C@H]2/C=C\CCCCCCC(=O)N2C[C@H](Oc3c4cc(F)ccc4nc4c3oc3ccccc34)C[C@@H]12. The second kappa shape index (κ2) is 12.1. The molecule has 1 saturated heterocycles. The minimum Gasteiger partial charge on any atom is -0.484 e. The van der Waals surface area contributed by atoms with E-state index in [1.165, 1.54) is 17.0 Å². The maximum Gasteiger partial charge on any atom is 0.259 e. The minimum atomic E-state index is -3.85. The smallest absolute Gasteiger partial charge is 0.259 e. The number of sulfonamides is 1. The lowest BCUT2D eigenvalue weighted by Gasteiger charge is -2.26. The molecule has 49 heavy (non-hydrogen) atoms. The molecule has 3 amide bonds. The van der Waals surface area contributed by atoms with Crippen LogP contribution in [-0.2, 0) is 24.4 Å². The zero-order chi connectivity index (χ0) is 33.9. The molecule has 0 bridgehead atoms. The van der Waals surface area contributed by atoms with Gasteiger partial charge in [-0.2, -0.15) is 0 Å². The lowest BCUT2D eigenvalue weighted by atomic mass is 10.1. The molecule has 256 valence electrons. The molecular formula is C36H37FN4O7S. The fourth-order valence-electron chi connectivity index (χ4n) is 7.28. The highest BCUT2D eigenvalue weighted by Crippen LogP contribution is 2.46. The number of para-hydroxylation sites is 1. The first-order valence-corrected chi connectivity index (χ1v) is 18.6. The van der Waals surface area contributed by atoms with Crippen molar-refractivity contribution in [2.75, 3.05) is 6.54 Å². The van der Waals surface area contributed by atoms with Gasteiger partial charge in [-0.1, -0.05) is 37.1 Å². The summed E-state index contributed by atoms with van der Waals surface area (Å²) >= 11 is 0. The predicted octanol–water partition coefficient (Wildman–Crippen LogP) is 5.02. The standard InChI is InChI=1S/C36H37FN4O7S/c37-22-13-16-27-26(17-22)32(33-31(38-27)25-10-7-8-11-29(25)48-33)47-23-18-28-34(43)39-36(35(44)40-49(45,46)24-14-15-24)19-21(36)9-5-3-1-2-4-6-12-30(42)41(28)20-23/h5,7-11,13,16-17,21,23-24,28H,1-4,6,12,14-15,18-20H2,(H,39,43)(H,40,44)/b9-5-/t21-,23-,28+,36-/m1/s1. The first kappa shape index (κ1) is 31.7. The Morgan fingerprint density at radius 3 is 2.73 bits per heavy atom. The van der Waals surface area contributed by atoms with Crippen molar-refractivity contribution < 1.29 is 36.3 Å². The maximum absolute atomic E-state index is 14.6. The number of amides is 3. The van der Waals surface area contributed by atoms with Gasteiger partial charge in [0.1, 0.15) is 34.6 Å². The molecule has 2 aliphatic heterocycles. The highest BCUT2D eigenvalue weighted by atomic mass is 32.2. The van der Waals surface area contributed by atoms with Gasteiger partial charge in [0.15, 0.2) is 11.3 Å². The van der Waals surface area contributed by atoms with Gasteiger partial charge in [0.25, 0.3) is 5.91 Å². The molecule has 0 spiro atoms. The van der Waals surface area contributed by atoms with Gasteiger partial charge < -0.3 is 19.4 Å². The Kier molecular flexibility index (Phi) is 7.84. The molecule has 2 aromatic carbocycles. The van der Waals surface area contributed by atoms with Gasteiger partial charge in [0.2, 0.25) is 21.8 Å². The quantitative estimate of drug-likeness (QED) is 0.278. The van der Waals surface area contributed by atoms with E-state index in [2.05, 4.69) is 10.0 Å². The number of furan rings is 1. The lowest BCUT2D eigenvalue weighted by molar-refractivity contribution is -0.139. The summed E-state index contributed by atoms with van der Waals surface area (Å²) in [5.41, 5.74) is 0.523. The molecule has 3 fully saturated rings. The van der Waals surface area contributed by atoms with Crippen LogP contribution in [0.25, 0.3) is 33.0 Å². The summed E-state index contributed by atoms with van der Waals surface area (Å²) in [6.07, 6.45) is 8.92. The average Bonchev–Trinajstić information content (AvgIpc) is 3.97. The largest absolute Gasteiger partial charge is 0.484 e. The van der Waals surface area contributed by atoms with Crippen LogP contribution in [0.5, 0.6) is 5.75 Å². The Labute approximate surface area is 282 Å². The lowest BCUT2D eigenvalue weighted by Crippen LogP contribution is -2.56. The van der Waals surface area contributed by atoms with Crippen molar-refractivity contribution in [1.29, 1.82) is 0 Å². The molecule has 4 aliphatic rings. The molecule has 0 unspecified atom stereocenters. The fraction of sp³-hybridized carbons (Fsp3) is 0.444. The van der Waals surface area contributed by atoms with Crippen molar-refractivity contribution in [3.8, 4) is 5.75 Å². The molecule has 4 atom stereocenters. The summed E-state index contributed by atoms with van der Waals surface area (Å²) in [6, 6.07) is 10.6. The second-order valence-corrected chi connectivity index (χ2v) is 15.7. The van der Waals surface area contributed by atoms with E-state index in [0.29, 0.717) is 46.8 Å². The van der Waals surface area contributed by atoms with E-state index >= 15 is 0 Å². The summed E-state index contributed by atoms with van der Waals surface area (Å²) in [5, 5.41) is 3.45. The van der Waals surface area contributed by atoms with Gasteiger partial charge in [-0.05, 0) is 68.9 Å². The molecule has 4 heterocycles. The Morgan fingerprint density at radius 1 is 1.08 bits per heavy atom. The molecule has 2 saturated carbocycles. The summed E-state index contributed by atoms with van der Waals surface area (Å²) in [7, 11) is -3.85. The number of nitrogens with one attached hydrogen (secondary N) is 2. The molecule has 13 heteroatoms. The van der Waals surface area contributed by atoms with Crippen LogP contribution < -0.4 is 14.8 Å². The second-order valence-electron chi connectivity index (χ2n) is 13.7. The van der Waals surface area contributed by atoms with E-state index in [0.717, 1.165) is 31.1 Å². The maximum atomic E-state index is 14.6. The first-order valence-electron chi connectivity index (χ1n) is 17.0. The van der Waals surface area contributed by atoms with E-state index in [1.54, 1.807) is 6.07 Å². The summed E-state index contributed by atoms with van der Waals surface area (Å²) in [6.45, 7) is 0.0797. The molecule has 11 nitrogen and oxygen atoms in total. The number of aromatic nitrogens is 1. The number of hydrogen-bond acceptors (Lipinski definition) is 8. The number of allylic oxidation sites excluding steroid dienone is 1. The number of carbonyl (C=O) groups is 3. The number of benzene rings is 2. The number of hydrogen-bond donors (Lipinski definition) is 2. The van der Waals surface area contributed by atoms with Crippen LogP contribution in [0.1, 0.15) is 64.2 Å². The molecule has 2 aliphatic carbocycles. The summed E-state index contributed by atoms with van der Waals surface area (Å²) in [4.78, 5) is 47.6. The van der Waals surface area contributed by atoms with Gasteiger partial charge >= 0.3 is 0 Å². The van der Waals surface area contributed by atoms with E-state index in [1.807, 2.05) is 36.4 Å². The normalized spacial score (nSPS) is 27.2. The van der Waals surface area contributed by atoms with Gasteiger partial charge in [0, 0.05) is 29.5 Å². The van der Waals surface area contributed by atoms with E-state index in [-0.39, 0.29) is 43.4 Å². The van der Waals surface area contributed by atoms with E-state index in [9.17, 15) is 27.2 Å². The van der Waals surface area contributed by atoms with Crippen LogP contribution in [0.4, 0.5) is 4.39 Å². The number of rotatable bonds is 5. The van der Waals surface area contributed by atoms with Gasteiger partial charge in [0.05, 0.1) is 17.3 Å². The minimum absolute atomic E-state index is 0.0797. The molecular weight excluding hydrogens is 651 g/mol. The molecule has 8 rings (SSSR count). The van der Waals surface area contributed by atoms with Gasteiger partial charge in [-0.3, -0.25) is 19.1 Å². The summed E-state index contributed by atoms with van der Waals surface area (Å²) in [5.74, 6) is -2.11. The number of nitrogens with zero attached hydrogens (tertiary/aromatic N) is 2. The molecule has 0 radical (unpaired) electrons. The fourth-order valence-corrected chi connectivity index (χ4v) is 8.64. The van der Waals surface area contributed by atoms with Gasteiger partial charge in [-0.25, -0.2) is 17.8 Å². The molecule has 2 N–H and O–H groups in total. The molecule has 2 aromatic heterocycles. The van der Waals surface area contributed by atoms with Crippen molar-refractivity contribution in [2.45, 2.75) is 87.1 Å². The zero-order valence-electron chi connectivity index (χ0n) is 26.8. The van der Waals surface area contributed by atoms with Gasteiger partial charge in [-0.15, -0.1) is 0 Å². The Balaban J connectivity index is 1.12. The molecule has 4 aromatic rings. The van der Waals surface area contributed by atoms with Crippen LogP contribution in [0.15, 0.2) is 59.0 Å². The number of ether oxygens (including phenoxy) is 1. The van der Waals surface area contributed by atoms with E-state index in [4.69, 9.17) is 14.1 Å². The van der Waals surface area contributed by atoms with Crippen molar-refractivity contribution >= 4 is 60.7 Å². The highest BCUT2D eigenvalue weighted by Gasteiger charge is 2.62. The number of halogens is 1. The van der Waals surface area contributed by atoms with Crippen LogP contribution in [-0.4, -0.2) is 65.5 Å². The van der Waals surface area contributed by atoms with Crippen molar-refractivity contribution in [1.82, 2.24) is 19.9 Å². The third kappa shape index (κ3) is 5.91. The number of carbonyl (C=O) groups excluding carboxylic acids is 3. The Hall–Kier alpha value is -4.52. The van der Waals surface area contributed by atoms with Crippen LogP contribution in [0, 0.1) is 11.7 Å². The van der Waals surface area contributed by atoms with Crippen LogP contribution in [0.3, 0.4) is 0 Å². The topological polar surface area (TPSA) is 148 Å². The number of fused-ring (bicyclic) bond motifs is 6. The Bertz CT molecular complexity index is 2150. The highest BCUT2D eigenvalue weighted by molar-refractivity contribution is 7.91. The first-order chi connectivity index (χ1) is 23.6. The summed E-state index contributed by atoms with van der Waals surface area (Å²) < 4.78 is 55.1. The third-order valence-electron chi connectivity index (χ3n) is 10.2. The monoisotopic (exact) mass is 688 g/mol. The van der Waals surface area contributed by atoms with Crippen molar-refractivity contribution in [2.24, 2.45) is 5.92 Å². The van der Waals surface area contributed by atoms with E-state index < -0.39 is 50.6 Å². The Morgan fingerprint density at radius 2 is 1.90 bits per heavy atom. The zero-order valence-corrected chi connectivity index (χ0v) is 27.6. The van der Waals surface area contributed by atoms with Crippen molar-refractivity contribution in [3.05, 3.63) is 60.4 Å². The van der Waals surface area contributed by atoms with Crippen LogP contribution in [0.2, 0.25) is 0 Å². The van der Waals surface area contributed by atoms with Crippen LogP contribution >= 0.6 is 0 Å².